The fourth-order valence-electron chi connectivity index (χ4n) is 3.87. The van der Waals surface area contributed by atoms with E-state index in [-0.39, 0.29) is 10.9 Å². The Bertz CT molecular complexity index is 1160. The predicted molar refractivity (Wildman–Crippen MR) is 119 cm³/mol. The number of nitrogens with one attached hydrogen (secondary N) is 1. The maximum atomic E-state index is 13.4. The van der Waals surface area contributed by atoms with Crippen LogP contribution >= 0.6 is 0 Å². The number of anilines is 1. The highest BCUT2D eigenvalue weighted by Crippen LogP contribution is 2.33. The second kappa shape index (κ2) is 8.50. The highest BCUT2D eigenvalue weighted by molar-refractivity contribution is 8.00. The van der Waals surface area contributed by atoms with E-state index in [2.05, 4.69) is 9.71 Å². The third-order valence-corrected chi connectivity index (χ3v) is 6.81. The SMILES string of the molecule is CC1=C(c2ccccc2)S(=O)(=O)N=C1N1CCCN(C(=O)Nc2cccc(F)c2)CC1. The van der Waals surface area contributed by atoms with E-state index < -0.39 is 15.8 Å². The van der Waals surface area contributed by atoms with Crippen LogP contribution < -0.4 is 5.32 Å². The maximum absolute atomic E-state index is 13.4. The zero-order valence-corrected chi connectivity index (χ0v) is 17.9. The van der Waals surface area contributed by atoms with Crippen molar-refractivity contribution in [2.24, 2.45) is 4.40 Å². The molecule has 1 saturated heterocycles. The van der Waals surface area contributed by atoms with Gasteiger partial charge < -0.3 is 15.1 Å². The Morgan fingerprint density at radius 1 is 1.03 bits per heavy atom. The van der Waals surface area contributed by atoms with Gasteiger partial charge in [-0.2, -0.15) is 8.42 Å². The van der Waals surface area contributed by atoms with Gasteiger partial charge in [0.15, 0.2) is 0 Å². The first-order valence-corrected chi connectivity index (χ1v) is 11.5. The summed E-state index contributed by atoms with van der Waals surface area (Å²) in [5.41, 5.74) is 1.62. The second-order valence-electron chi connectivity index (χ2n) is 7.48. The number of benzene rings is 2. The predicted octanol–water partition coefficient (Wildman–Crippen LogP) is 3.54. The summed E-state index contributed by atoms with van der Waals surface area (Å²) in [5.74, 6) is 0.0167. The molecule has 2 aromatic carbocycles. The lowest BCUT2D eigenvalue weighted by atomic mass is 10.1. The molecule has 0 spiro atoms. The van der Waals surface area contributed by atoms with E-state index in [0.29, 0.717) is 55.3 Å². The van der Waals surface area contributed by atoms with Gasteiger partial charge in [0.2, 0.25) is 0 Å². The zero-order chi connectivity index (χ0) is 22.0. The lowest BCUT2D eigenvalue weighted by Gasteiger charge is -2.24. The van der Waals surface area contributed by atoms with E-state index in [9.17, 15) is 17.6 Å². The van der Waals surface area contributed by atoms with Gasteiger partial charge >= 0.3 is 6.03 Å². The second-order valence-corrected chi connectivity index (χ2v) is 9.02. The van der Waals surface area contributed by atoms with Gasteiger partial charge in [-0.3, -0.25) is 0 Å². The largest absolute Gasteiger partial charge is 0.354 e. The Hall–Kier alpha value is -3.20. The molecule has 0 bridgehead atoms. The average molecular weight is 443 g/mol. The molecule has 2 heterocycles. The monoisotopic (exact) mass is 442 g/mol. The quantitative estimate of drug-likeness (QED) is 0.771. The van der Waals surface area contributed by atoms with Gasteiger partial charge in [-0.15, -0.1) is 4.40 Å². The van der Waals surface area contributed by atoms with Crippen molar-refractivity contribution in [3.8, 4) is 0 Å². The van der Waals surface area contributed by atoms with Gasteiger partial charge in [-0.25, -0.2) is 9.18 Å². The highest BCUT2D eigenvalue weighted by Gasteiger charge is 2.34. The number of carbonyl (C=O) groups is 1. The molecule has 0 radical (unpaired) electrons. The van der Waals surface area contributed by atoms with Crippen LogP contribution in [0, 0.1) is 5.82 Å². The van der Waals surface area contributed by atoms with Crippen molar-refractivity contribution >= 4 is 32.5 Å². The molecule has 2 aromatic rings. The van der Waals surface area contributed by atoms with Crippen LogP contribution in [0.1, 0.15) is 18.9 Å². The fourth-order valence-corrected chi connectivity index (χ4v) is 5.36. The molecule has 2 aliphatic rings. The van der Waals surface area contributed by atoms with E-state index in [4.69, 9.17) is 0 Å². The van der Waals surface area contributed by atoms with E-state index >= 15 is 0 Å². The third kappa shape index (κ3) is 4.46. The first-order valence-electron chi connectivity index (χ1n) is 10.0. The molecule has 2 aliphatic heterocycles. The van der Waals surface area contributed by atoms with E-state index in [1.54, 1.807) is 42.2 Å². The van der Waals surface area contributed by atoms with Crippen molar-refractivity contribution < 1.29 is 17.6 Å². The van der Waals surface area contributed by atoms with Crippen molar-refractivity contribution in [3.63, 3.8) is 0 Å². The number of urea groups is 1. The molecular formula is C22H23FN4O3S. The van der Waals surface area contributed by atoms with E-state index in [1.165, 1.54) is 18.2 Å². The lowest BCUT2D eigenvalue weighted by molar-refractivity contribution is 0.214. The molecule has 9 heteroatoms. The van der Waals surface area contributed by atoms with Crippen LogP contribution in [0.2, 0.25) is 0 Å². The number of nitrogens with zero attached hydrogens (tertiary/aromatic N) is 3. The Morgan fingerprint density at radius 2 is 1.81 bits per heavy atom. The summed E-state index contributed by atoms with van der Waals surface area (Å²) in [4.78, 5) is 16.4. The number of rotatable bonds is 2. The molecule has 0 aliphatic carbocycles. The first kappa shape index (κ1) is 21.0. The van der Waals surface area contributed by atoms with Crippen LogP contribution in [-0.2, 0) is 10.0 Å². The summed E-state index contributed by atoms with van der Waals surface area (Å²) in [6.45, 7) is 3.70. The number of amides is 2. The fraction of sp³-hybridized carbons (Fsp3) is 0.273. The summed E-state index contributed by atoms with van der Waals surface area (Å²) in [6, 6.07) is 14.4. The van der Waals surface area contributed by atoms with Crippen LogP contribution in [0.25, 0.3) is 4.91 Å². The first-order chi connectivity index (χ1) is 14.8. The summed E-state index contributed by atoms with van der Waals surface area (Å²) in [7, 11) is -3.78. The standard InChI is InChI=1S/C22H23FN4O3S/c1-16-20(17-7-3-2-4-8-17)31(29,30)25-21(16)26-11-6-12-27(14-13-26)22(28)24-19-10-5-9-18(23)15-19/h2-5,7-10,15H,6,11-14H2,1H3,(H,24,28). The lowest BCUT2D eigenvalue weighted by Crippen LogP contribution is -2.39. The molecule has 2 amide bonds. The van der Waals surface area contributed by atoms with Crippen LogP contribution in [0.15, 0.2) is 64.6 Å². The Morgan fingerprint density at radius 3 is 2.55 bits per heavy atom. The minimum absolute atomic E-state index is 0.230. The van der Waals surface area contributed by atoms with Gasteiger partial charge in [0.05, 0.1) is 0 Å². The highest BCUT2D eigenvalue weighted by atomic mass is 32.2. The zero-order valence-electron chi connectivity index (χ0n) is 17.1. The van der Waals surface area contributed by atoms with Crippen LogP contribution in [0.4, 0.5) is 14.9 Å². The van der Waals surface area contributed by atoms with Crippen molar-refractivity contribution in [3.05, 3.63) is 71.6 Å². The molecule has 0 atom stereocenters. The summed E-state index contributed by atoms with van der Waals surface area (Å²) in [5, 5.41) is 2.71. The van der Waals surface area contributed by atoms with Gasteiger partial charge in [-0.05, 0) is 37.1 Å². The van der Waals surface area contributed by atoms with Crippen LogP contribution in [0.5, 0.6) is 0 Å². The number of hydrogen-bond acceptors (Lipinski definition) is 4. The average Bonchev–Trinajstić information content (AvgIpc) is 2.89. The van der Waals surface area contributed by atoms with Crippen LogP contribution in [-0.4, -0.2) is 56.3 Å². The number of amidine groups is 1. The topological polar surface area (TPSA) is 82.1 Å². The summed E-state index contributed by atoms with van der Waals surface area (Å²) >= 11 is 0. The normalized spacial score (nSPS) is 18.6. The molecule has 31 heavy (non-hydrogen) atoms. The molecule has 1 N–H and O–H groups in total. The molecule has 0 saturated carbocycles. The molecule has 7 nitrogen and oxygen atoms in total. The molecule has 0 aromatic heterocycles. The number of hydrogen-bond donors (Lipinski definition) is 1. The smallest absolute Gasteiger partial charge is 0.321 e. The van der Waals surface area contributed by atoms with Crippen molar-refractivity contribution in [1.82, 2.24) is 9.80 Å². The molecular weight excluding hydrogens is 419 g/mol. The van der Waals surface area contributed by atoms with Crippen molar-refractivity contribution in [2.45, 2.75) is 13.3 Å². The molecule has 162 valence electrons. The number of halogens is 1. The summed E-state index contributed by atoms with van der Waals surface area (Å²) < 4.78 is 42.9. The third-order valence-electron chi connectivity index (χ3n) is 5.34. The van der Waals surface area contributed by atoms with Gasteiger partial charge in [0, 0.05) is 37.4 Å². The minimum Gasteiger partial charge on any atom is -0.354 e. The Balaban J connectivity index is 1.49. The minimum atomic E-state index is -3.78. The molecule has 4 rings (SSSR count). The van der Waals surface area contributed by atoms with E-state index in [1.807, 2.05) is 11.0 Å². The van der Waals surface area contributed by atoms with Gasteiger partial charge in [0.1, 0.15) is 16.6 Å². The number of sulfonamides is 1. The number of carbonyl (C=O) groups excluding carboxylic acids is 1. The molecule has 0 unspecified atom stereocenters. The van der Waals surface area contributed by atoms with E-state index in [0.717, 1.165) is 0 Å². The molecule has 1 fully saturated rings. The van der Waals surface area contributed by atoms with Crippen molar-refractivity contribution in [2.75, 3.05) is 31.5 Å². The Labute approximate surface area is 180 Å². The van der Waals surface area contributed by atoms with Gasteiger partial charge in [-0.1, -0.05) is 36.4 Å². The van der Waals surface area contributed by atoms with Crippen molar-refractivity contribution in [1.29, 1.82) is 0 Å². The maximum Gasteiger partial charge on any atom is 0.321 e. The van der Waals surface area contributed by atoms with Gasteiger partial charge in [0.25, 0.3) is 10.0 Å². The van der Waals surface area contributed by atoms with Crippen LogP contribution in [0.3, 0.4) is 0 Å². The Kier molecular flexibility index (Phi) is 5.77. The summed E-state index contributed by atoms with van der Waals surface area (Å²) in [6.07, 6.45) is 0.656.